The van der Waals surface area contributed by atoms with Crippen LogP contribution in [0, 0.1) is 5.82 Å². The standard InChI is InChI=1S/C20H29FN6/c1-2-7-19(20-22-23-24-27(20)16-8-3-4-9-16)26-14-12-25(13-15-26)18-11-6-5-10-17(18)21/h5-6,10-11,16,19H,2-4,7-9,12-15H2,1H3/p+1/t19-/m0/s1. The first-order valence-electron chi connectivity index (χ1n) is 10.4. The zero-order valence-electron chi connectivity index (χ0n) is 16.1. The van der Waals surface area contributed by atoms with E-state index in [-0.39, 0.29) is 5.82 Å². The first kappa shape index (κ1) is 18.3. The van der Waals surface area contributed by atoms with Gasteiger partial charge in [0.25, 0.3) is 0 Å². The van der Waals surface area contributed by atoms with Gasteiger partial charge in [-0.05, 0) is 35.4 Å². The van der Waals surface area contributed by atoms with Crippen molar-refractivity contribution in [3.8, 4) is 0 Å². The predicted octanol–water partition coefficient (Wildman–Crippen LogP) is 2.17. The summed E-state index contributed by atoms with van der Waals surface area (Å²) in [7, 11) is 0. The van der Waals surface area contributed by atoms with E-state index in [0.717, 1.165) is 50.5 Å². The van der Waals surface area contributed by atoms with Gasteiger partial charge in [-0.3, -0.25) is 0 Å². The van der Waals surface area contributed by atoms with E-state index >= 15 is 0 Å². The van der Waals surface area contributed by atoms with Crippen LogP contribution in [0.4, 0.5) is 10.1 Å². The summed E-state index contributed by atoms with van der Waals surface area (Å²) >= 11 is 0. The molecule has 6 nitrogen and oxygen atoms in total. The lowest BCUT2D eigenvalue weighted by Crippen LogP contribution is -3.15. The number of anilines is 1. The zero-order valence-corrected chi connectivity index (χ0v) is 16.1. The van der Waals surface area contributed by atoms with E-state index in [9.17, 15) is 4.39 Å². The average Bonchev–Trinajstić information content (AvgIpc) is 3.38. The molecule has 1 N–H and O–H groups in total. The Kier molecular flexibility index (Phi) is 5.66. The lowest BCUT2D eigenvalue weighted by molar-refractivity contribution is -0.933. The van der Waals surface area contributed by atoms with E-state index in [1.165, 1.54) is 30.6 Å². The fourth-order valence-electron chi connectivity index (χ4n) is 4.73. The minimum absolute atomic E-state index is 0.128. The molecule has 7 heteroatoms. The number of hydrogen-bond donors (Lipinski definition) is 1. The van der Waals surface area contributed by atoms with Crippen molar-refractivity contribution in [1.82, 2.24) is 20.2 Å². The van der Waals surface area contributed by atoms with Crippen molar-refractivity contribution in [2.24, 2.45) is 0 Å². The Morgan fingerprint density at radius 1 is 1.19 bits per heavy atom. The molecule has 1 aromatic heterocycles. The first-order chi connectivity index (χ1) is 13.3. The second-order valence-electron chi connectivity index (χ2n) is 7.86. The Labute approximate surface area is 160 Å². The van der Waals surface area contributed by atoms with Gasteiger partial charge in [-0.25, -0.2) is 9.07 Å². The number of quaternary nitrogens is 1. The molecule has 0 bridgehead atoms. The van der Waals surface area contributed by atoms with Gasteiger partial charge in [0.05, 0.1) is 37.9 Å². The average molecular weight is 374 g/mol. The van der Waals surface area contributed by atoms with Crippen LogP contribution in [-0.4, -0.2) is 46.4 Å². The molecule has 4 rings (SSSR count). The number of benzene rings is 1. The minimum atomic E-state index is -0.128. The quantitative estimate of drug-likeness (QED) is 0.843. The Balaban J connectivity index is 1.48. The fourth-order valence-corrected chi connectivity index (χ4v) is 4.73. The Bertz CT molecular complexity index is 734. The second kappa shape index (κ2) is 8.33. The van der Waals surface area contributed by atoms with Crippen molar-refractivity contribution in [2.75, 3.05) is 31.1 Å². The van der Waals surface area contributed by atoms with Gasteiger partial charge in [-0.2, -0.15) is 0 Å². The summed E-state index contributed by atoms with van der Waals surface area (Å²) in [6.07, 6.45) is 7.12. The van der Waals surface area contributed by atoms with Crippen LogP contribution in [-0.2, 0) is 0 Å². The maximum atomic E-state index is 14.1. The number of hydrogen-bond acceptors (Lipinski definition) is 4. The van der Waals surface area contributed by atoms with E-state index < -0.39 is 0 Å². The third kappa shape index (κ3) is 3.83. The molecular weight excluding hydrogens is 343 g/mol. The maximum absolute atomic E-state index is 14.1. The molecule has 0 amide bonds. The van der Waals surface area contributed by atoms with Crippen LogP contribution < -0.4 is 9.80 Å². The Morgan fingerprint density at radius 3 is 2.63 bits per heavy atom. The molecule has 0 radical (unpaired) electrons. The molecule has 2 aromatic rings. The van der Waals surface area contributed by atoms with Gasteiger partial charge < -0.3 is 9.80 Å². The number of nitrogens with one attached hydrogen (secondary N) is 1. The highest BCUT2D eigenvalue weighted by atomic mass is 19.1. The van der Waals surface area contributed by atoms with Crippen molar-refractivity contribution < 1.29 is 9.29 Å². The van der Waals surface area contributed by atoms with Crippen molar-refractivity contribution in [1.29, 1.82) is 0 Å². The van der Waals surface area contributed by atoms with Crippen molar-refractivity contribution in [2.45, 2.75) is 57.5 Å². The number of halogens is 1. The Morgan fingerprint density at radius 2 is 1.93 bits per heavy atom. The van der Waals surface area contributed by atoms with Crippen molar-refractivity contribution in [3.05, 3.63) is 35.9 Å². The van der Waals surface area contributed by atoms with Gasteiger partial charge in [-0.1, -0.05) is 38.3 Å². The van der Waals surface area contributed by atoms with Gasteiger partial charge in [0, 0.05) is 6.42 Å². The number of aromatic nitrogens is 4. The molecule has 1 atom stereocenters. The maximum Gasteiger partial charge on any atom is 0.209 e. The topological polar surface area (TPSA) is 51.3 Å². The molecule has 1 aromatic carbocycles. The highest BCUT2D eigenvalue weighted by Gasteiger charge is 2.34. The van der Waals surface area contributed by atoms with Crippen molar-refractivity contribution >= 4 is 5.69 Å². The normalized spacial score (nSPS) is 20.3. The molecule has 1 aliphatic carbocycles. The van der Waals surface area contributed by atoms with Crippen molar-refractivity contribution in [3.63, 3.8) is 0 Å². The number of nitrogens with zero attached hydrogens (tertiary/aromatic N) is 5. The molecule has 2 heterocycles. The number of para-hydroxylation sites is 1. The third-order valence-corrected chi connectivity index (χ3v) is 6.17. The number of piperazine rings is 1. The van der Waals surface area contributed by atoms with Crippen LogP contribution in [0.2, 0.25) is 0 Å². The van der Waals surface area contributed by atoms with E-state index in [0.29, 0.717) is 12.1 Å². The summed E-state index contributed by atoms with van der Waals surface area (Å²) in [4.78, 5) is 3.69. The summed E-state index contributed by atoms with van der Waals surface area (Å²) < 4.78 is 16.2. The zero-order chi connectivity index (χ0) is 18.6. The molecule has 0 unspecified atom stereocenters. The van der Waals surface area contributed by atoms with Gasteiger partial charge in [-0.15, -0.1) is 5.10 Å². The van der Waals surface area contributed by atoms with E-state index in [2.05, 4.69) is 32.0 Å². The third-order valence-electron chi connectivity index (χ3n) is 6.17. The van der Waals surface area contributed by atoms with Crippen LogP contribution in [0.1, 0.15) is 63.4 Å². The minimum Gasteiger partial charge on any atom is -0.358 e. The monoisotopic (exact) mass is 373 g/mol. The smallest absolute Gasteiger partial charge is 0.209 e. The van der Waals surface area contributed by atoms with E-state index in [1.807, 2.05) is 12.1 Å². The molecular formula is C20H30FN6+. The van der Waals surface area contributed by atoms with Crippen LogP contribution in [0.3, 0.4) is 0 Å². The van der Waals surface area contributed by atoms with Gasteiger partial charge >= 0.3 is 0 Å². The lowest BCUT2D eigenvalue weighted by atomic mass is 10.1. The number of tetrazole rings is 1. The molecule has 1 aliphatic heterocycles. The molecule has 2 fully saturated rings. The lowest BCUT2D eigenvalue weighted by Gasteiger charge is -2.37. The summed E-state index contributed by atoms with van der Waals surface area (Å²) in [6.45, 7) is 5.92. The van der Waals surface area contributed by atoms with Gasteiger partial charge in [0.15, 0.2) is 0 Å². The van der Waals surface area contributed by atoms with Crippen LogP contribution in [0.25, 0.3) is 0 Å². The van der Waals surface area contributed by atoms with E-state index in [1.54, 1.807) is 12.1 Å². The van der Waals surface area contributed by atoms with Crippen LogP contribution >= 0.6 is 0 Å². The molecule has 2 aliphatic rings. The first-order valence-corrected chi connectivity index (χ1v) is 10.4. The molecule has 146 valence electrons. The SMILES string of the molecule is CCC[C@@H](c1nnnn1C1CCCC1)[NH+]1CCN(c2ccccc2F)CC1. The van der Waals surface area contributed by atoms with E-state index in [4.69, 9.17) is 0 Å². The molecule has 1 saturated carbocycles. The van der Waals surface area contributed by atoms with Gasteiger partial charge in [0.2, 0.25) is 5.82 Å². The molecule has 0 spiro atoms. The number of rotatable bonds is 6. The highest BCUT2D eigenvalue weighted by Crippen LogP contribution is 2.30. The summed E-state index contributed by atoms with van der Waals surface area (Å²) in [5, 5.41) is 12.8. The second-order valence-corrected chi connectivity index (χ2v) is 7.86. The summed E-state index contributed by atoms with van der Waals surface area (Å²) in [5.41, 5.74) is 0.722. The molecule has 27 heavy (non-hydrogen) atoms. The summed E-state index contributed by atoms with van der Waals surface area (Å²) in [6, 6.07) is 7.88. The van der Waals surface area contributed by atoms with Gasteiger partial charge in [0.1, 0.15) is 11.9 Å². The predicted molar refractivity (Wildman–Crippen MR) is 102 cm³/mol. The largest absolute Gasteiger partial charge is 0.358 e. The Hall–Kier alpha value is -2.02. The van der Waals surface area contributed by atoms with Crippen LogP contribution in [0.15, 0.2) is 24.3 Å². The molecule has 1 saturated heterocycles. The highest BCUT2D eigenvalue weighted by molar-refractivity contribution is 5.47. The summed E-state index contributed by atoms with van der Waals surface area (Å²) in [5.74, 6) is 0.925. The fraction of sp³-hybridized carbons (Fsp3) is 0.650. The van der Waals surface area contributed by atoms with Crippen LogP contribution in [0.5, 0.6) is 0 Å².